The molecule has 23 heavy (non-hydrogen) atoms. The van der Waals surface area contributed by atoms with Crippen molar-refractivity contribution in [3.05, 3.63) is 77.9 Å². The number of hydrogen-bond donors (Lipinski definition) is 0. The van der Waals surface area contributed by atoms with Gasteiger partial charge < -0.3 is 4.74 Å². The summed E-state index contributed by atoms with van der Waals surface area (Å²) in [4.78, 5) is 13.3. The topological polar surface area (TPSA) is 26.3 Å². The SMILES string of the molecule is O=C(c1ccccc1)C1Oc2ccc3ccccc3c2CC1=S. The van der Waals surface area contributed by atoms with Crippen LogP contribution in [0.25, 0.3) is 10.8 Å². The van der Waals surface area contributed by atoms with Crippen molar-refractivity contribution >= 4 is 33.6 Å². The van der Waals surface area contributed by atoms with Crippen molar-refractivity contribution in [1.29, 1.82) is 0 Å². The van der Waals surface area contributed by atoms with Crippen LogP contribution >= 0.6 is 12.2 Å². The van der Waals surface area contributed by atoms with Crippen LogP contribution in [0.2, 0.25) is 0 Å². The second-order valence-corrected chi connectivity index (χ2v) is 6.16. The summed E-state index contributed by atoms with van der Waals surface area (Å²) in [7, 11) is 0. The molecule has 0 saturated carbocycles. The molecule has 0 bridgehead atoms. The summed E-state index contributed by atoms with van der Waals surface area (Å²) in [5.41, 5.74) is 1.70. The number of ether oxygens (including phenoxy) is 1. The Morgan fingerprint density at radius 2 is 1.70 bits per heavy atom. The molecule has 0 amide bonds. The van der Waals surface area contributed by atoms with Crippen molar-refractivity contribution in [3.63, 3.8) is 0 Å². The van der Waals surface area contributed by atoms with E-state index in [1.54, 1.807) is 12.1 Å². The van der Waals surface area contributed by atoms with Crippen LogP contribution in [-0.4, -0.2) is 16.8 Å². The number of Topliss-reactive ketones (excluding diaryl/α,β-unsaturated/α-hetero) is 1. The fraction of sp³-hybridized carbons (Fsp3) is 0.100. The first kappa shape index (κ1) is 14.1. The maximum atomic E-state index is 12.7. The van der Waals surface area contributed by atoms with Gasteiger partial charge in [-0.3, -0.25) is 4.79 Å². The highest BCUT2D eigenvalue weighted by Crippen LogP contribution is 2.33. The Morgan fingerprint density at radius 1 is 0.957 bits per heavy atom. The van der Waals surface area contributed by atoms with Gasteiger partial charge in [-0.15, -0.1) is 0 Å². The number of rotatable bonds is 2. The lowest BCUT2D eigenvalue weighted by Gasteiger charge is -2.27. The average Bonchev–Trinajstić information content (AvgIpc) is 2.61. The zero-order valence-corrected chi connectivity index (χ0v) is 13.2. The molecule has 0 spiro atoms. The van der Waals surface area contributed by atoms with Crippen LogP contribution in [0.3, 0.4) is 0 Å². The predicted octanol–water partition coefficient (Wildman–Crippen LogP) is 4.40. The monoisotopic (exact) mass is 318 g/mol. The molecule has 4 rings (SSSR count). The zero-order chi connectivity index (χ0) is 15.8. The largest absolute Gasteiger partial charge is 0.477 e. The molecular weight excluding hydrogens is 304 g/mol. The molecule has 0 fully saturated rings. The van der Waals surface area contributed by atoms with Crippen molar-refractivity contribution in [2.24, 2.45) is 0 Å². The highest BCUT2D eigenvalue weighted by molar-refractivity contribution is 7.80. The van der Waals surface area contributed by atoms with Crippen molar-refractivity contribution in [2.75, 3.05) is 0 Å². The molecule has 0 aromatic heterocycles. The Hall–Kier alpha value is -2.52. The fourth-order valence-electron chi connectivity index (χ4n) is 3.02. The third kappa shape index (κ3) is 2.43. The number of thiocarbonyl (C=S) groups is 1. The van der Waals surface area contributed by atoms with Gasteiger partial charge in [0.15, 0.2) is 6.10 Å². The number of carbonyl (C=O) groups is 1. The summed E-state index contributed by atoms with van der Waals surface area (Å²) in [6.45, 7) is 0. The Labute approximate surface area is 139 Å². The first-order chi connectivity index (χ1) is 11.2. The molecule has 3 aromatic carbocycles. The Balaban J connectivity index is 1.74. The predicted molar refractivity (Wildman–Crippen MR) is 95.4 cm³/mol. The molecule has 2 nitrogen and oxygen atoms in total. The molecule has 0 aliphatic carbocycles. The summed E-state index contributed by atoms with van der Waals surface area (Å²) < 4.78 is 5.98. The van der Waals surface area contributed by atoms with E-state index in [9.17, 15) is 4.79 Å². The minimum atomic E-state index is -0.680. The average molecular weight is 318 g/mol. The van der Waals surface area contributed by atoms with Gasteiger partial charge in [0.25, 0.3) is 0 Å². The number of fused-ring (bicyclic) bond motifs is 3. The molecule has 1 unspecified atom stereocenters. The van der Waals surface area contributed by atoms with E-state index in [1.807, 2.05) is 42.5 Å². The van der Waals surface area contributed by atoms with E-state index in [2.05, 4.69) is 12.1 Å². The van der Waals surface area contributed by atoms with Gasteiger partial charge in [0.05, 0.1) is 0 Å². The van der Waals surface area contributed by atoms with E-state index in [0.717, 1.165) is 22.1 Å². The lowest BCUT2D eigenvalue weighted by atomic mass is 9.93. The van der Waals surface area contributed by atoms with Gasteiger partial charge >= 0.3 is 0 Å². The fourth-order valence-corrected chi connectivity index (χ4v) is 3.32. The molecule has 1 aliphatic rings. The molecule has 0 saturated heterocycles. The Bertz CT molecular complexity index is 915. The van der Waals surface area contributed by atoms with Crippen molar-refractivity contribution < 1.29 is 9.53 Å². The van der Waals surface area contributed by atoms with Gasteiger partial charge in [-0.1, -0.05) is 72.9 Å². The van der Waals surface area contributed by atoms with Crippen LogP contribution < -0.4 is 4.74 Å². The summed E-state index contributed by atoms with van der Waals surface area (Å²) >= 11 is 5.50. The summed E-state index contributed by atoms with van der Waals surface area (Å²) in [5.74, 6) is 0.681. The number of benzene rings is 3. The highest BCUT2D eigenvalue weighted by atomic mass is 32.1. The molecule has 112 valence electrons. The second-order valence-electron chi connectivity index (χ2n) is 5.63. The van der Waals surface area contributed by atoms with Gasteiger partial charge in [-0.2, -0.15) is 0 Å². The third-order valence-electron chi connectivity index (χ3n) is 4.18. The van der Waals surface area contributed by atoms with Crippen molar-refractivity contribution in [3.8, 4) is 5.75 Å². The van der Waals surface area contributed by atoms with Crippen LogP contribution in [-0.2, 0) is 6.42 Å². The number of hydrogen-bond acceptors (Lipinski definition) is 3. The normalized spacial score (nSPS) is 16.7. The van der Waals surface area contributed by atoms with E-state index in [-0.39, 0.29) is 5.78 Å². The van der Waals surface area contributed by atoms with Crippen LogP contribution in [0.1, 0.15) is 15.9 Å². The molecule has 3 heteroatoms. The van der Waals surface area contributed by atoms with Gasteiger partial charge in [-0.25, -0.2) is 0 Å². The molecule has 0 N–H and O–H groups in total. The van der Waals surface area contributed by atoms with Gasteiger partial charge in [0.2, 0.25) is 5.78 Å². The molecule has 0 radical (unpaired) electrons. The smallest absolute Gasteiger partial charge is 0.208 e. The third-order valence-corrected chi connectivity index (χ3v) is 4.54. The van der Waals surface area contributed by atoms with E-state index in [4.69, 9.17) is 17.0 Å². The van der Waals surface area contributed by atoms with E-state index >= 15 is 0 Å². The minimum Gasteiger partial charge on any atom is -0.477 e. The number of carbonyl (C=O) groups excluding carboxylic acids is 1. The zero-order valence-electron chi connectivity index (χ0n) is 12.4. The molecule has 1 aliphatic heterocycles. The van der Waals surface area contributed by atoms with Gasteiger partial charge in [0, 0.05) is 22.4 Å². The molecule has 1 heterocycles. The van der Waals surface area contributed by atoms with Crippen LogP contribution in [0, 0.1) is 0 Å². The maximum absolute atomic E-state index is 12.7. The molecule has 1 atom stereocenters. The van der Waals surface area contributed by atoms with E-state index in [0.29, 0.717) is 16.8 Å². The second kappa shape index (κ2) is 5.60. The standard InChI is InChI=1S/C20H14O2S/c21-19(14-7-2-1-3-8-14)20-18(23)12-16-15-9-5-4-6-13(15)10-11-17(16)22-20/h1-11,20H,12H2. The Kier molecular flexibility index (Phi) is 3.43. The quantitative estimate of drug-likeness (QED) is 0.517. The lowest BCUT2D eigenvalue weighted by molar-refractivity contribution is 0.0866. The molecule has 3 aromatic rings. The summed E-state index contributed by atoms with van der Waals surface area (Å²) in [6, 6.07) is 21.3. The maximum Gasteiger partial charge on any atom is 0.208 e. The van der Waals surface area contributed by atoms with Crippen molar-refractivity contribution in [2.45, 2.75) is 12.5 Å². The van der Waals surface area contributed by atoms with Crippen molar-refractivity contribution in [1.82, 2.24) is 0 Å². The van der Waals surface area contributed by atoms with Crippen LogP contribution in [0.4, 0.5) is 0 Å². The van der Waals surface area contributed by atoms with Gasteiger partial charge in [-0.05, 0) is 16.8 Å². The summed E-state index contributed by atoms with van der Waals surface area (Å²) in [5, 5.41) is 2.29. The molecular formula is C20H14O2S. The number of ketones is 1. The van der Waals surface area contributed by atoms with Gasteiger partial charge in [0.1, 0.15) is 5.75 Å². The van der Waals surface area contributed by atoms with E-state index in [1.165, 1.54) is 0 Å². The highest BCUT2D eigenvalue weighted by Gasteiger charge is 2.32. The van der Waals surface area contributed by atoms with Crippen LogP contribution in [0.5, 0.6) is 5.75 Å². The first-order valence-electron chi connectivity index (χ1n) is 7.53. The summed E-state index contributed by atoms with van der Waals surface area (Å²) in [6.07, 6.45) is -0.0871. The minimum absolute atomic E-state index is 0.0746. The van der Waals surface area contributed by atoms with E-state index < -0.39 is 6.10 Å². The van der Waals surface area contributed by atoms with Crippen LogP contribution in [0.15, 0.2) is 66.7 Å². The first-order valence-corrected chi connectivity index (χ1v) is 7.94. The Morgan fingerprint density at radius 3 is 2.52 bits per heavy atom. The lowest BCUT2D eigenvalue weighted by Crippen LogP contribution is -2.39.